The fraction of sp³-hybridized carbons (Fsp3) is 0.231. The molecule has 0 aliphatic carbocycles. The first-order valence-corrected chi connectivity index (χ1v) is 10.7. The molecule has 0 spiro atoms. The van der Waals surface area contributed by atoms with Crippen LogP contribution in [0.15, 0.2) is 77.3 Å². The number of carbonyl (C=O) groups is 1. The molecule has 0 radical (unpaired) electrons. The number of hydrogen-bond acceptors (Lipinski definition) is 4. The van der Waals surface area contributed by atoms with Crippen LogP contribution in [0.4, 0.5) is 5.82 Å². The Balaban J connectivity index is 1.36. The maximum Gasteiger partial charge on any atom is 0.292 e. The van der Waals surface area contributed by atoms with E-state index in [1.165, 1.54) is 0 Å². The van der Waals surface area contributed by atoms with E-state index in [0.717, 1.165) is 22.4 Å². The predicted molar refractivity (Wildman–Crippen MR) is 124 cm³/mol. The van der Waals surface area contributed by atoms with Crippen molar-refractivity contribution >= 4 is 11.7 Å². The summed E-state index contributed by atoms with van der Waals surface area (Å²) in [4.78, 5) is 12.6. The molecule has 2 heterocycles. The van der Waals surface area contributed by atoms with Gasteiger partial charge in [0.15, 0.2) is 11.6 Å². The molecule has 164 valence electrons. The Morgan fingerprint density at radius 3 is 2.69 bits per heavy atom. The largest absolute Gasteiger partial charge is 0.485 e. The van der Waals surface area contributed by atoms with Crippen LogP contribution in [0.3, 0.4) is 0 Å². The number of carbonyl (C=O) groups excluding carboxylic acids is 1. The highest BCUT2D eigenvalue weighted by molar-refractivity contribution is 6.01. The molecule has 0 fully saturated rings. The molecule has 0 aliphatic rings. The summed E-state index contributed by atoms with van der Waals surface area (Å²) in [5.74, 6) is 2.12. The van der Waals surface area contributed by atoms with Crippen molar-refractivity contribution in [1.29, 1.82) is 0 Å². The number of amides is 1. The number of aromatic nitrogens is 2. The first kappa shape index (κ1) is 21.4. The second-order valence-electron chi connectivity index (χ2n) is 8.09. The van der Waals surface area contributed by atoms with Crippen LogP contribution in [-0.2, 0) is 13.2 Å². The summed E-state index contributed by atoms with van der Waals surface area (Å²) in [6.45, 7) is 7.19. The third kappa shape index (κ3) is 5.27. The standard InChI is InChI=1S/C26H27N3O3/c1-18(2)22-11-9-19(3)15-24(22)31-17-21-10-12-23(32-21)26(30)27-25-13-14-29(28-25)16-20-7-5-4-6-8-20/h4-15,18H,16-17H2,1-3H3,(H,27,28,30). The van der Waals surface area contributed by atoms with Gasteiger partial charge in [-0.3, -0.25) is 9.48 Å². The van der Waals surface area contributed by atoms with Gasteiger partial charge in [0.05, 0.1) is 6.54 Å². The van der Waals surface area contributed by atoms with Crippen molar-refractivity contribution in [2.24, 2.45) is 0 Å². The van der Waals surface area contributed by atoms with Crippen LogP contribution in [-0.4, -0.2) is 15.7 Å². The van der Waals surface area contributed by atoms with Gasteiger partial charge in [0, 0.05) is 12.3 Å². The van der Waals surface area contributed by atoms with Gasteiger partial charge in [0.2, 0.25) is 0 Å². The molecule has 0 aliphatic heterocycles. The zero-order chi connectivity index (χ0) is 22.5. The van der Waals surface area contributed by atoms with Crippen molar-refractivity contribution < 1.29 is 13.9 Å². The van der Waals surface area contributed by atoms with Crippen LogP contribution in [0.25, 0.3) is 0 Å². The number of benzene rings is 2. The topological polar surface area (TPSA) is 69.3 Å². The molecule has 2 aromatic heterocycles. The fourth-order valence-corrected chi connectivity index (χ4v) is 3.43. The highest BCUT2D eigenvalue weighted by Crippen LogP contribution is 2.28. The number of nitrogens with zero attached hydrogens (tertiary/aromatic N) is 2. The van der Waals surface area contributed by atoms with E-state index in [1.807, 2.05) is 49.5 Å². The number of rotatable bonds is 8. The third-order valence-electron chi connectivity index (χ3n) is 5.12. The van der Waals surface area contributed by atoms with E-state index in [1.54, 1.807) is 22.9 Å². The van der Waals surface area contributed by atoms with E-state index in [0.29, 0.717) is 24.0 Å². The Bertz CT molecular complexity index is 1190. The van der Waals surface area contributed by atoms with E-state index >= 15 is 0 Å². The number of furan rings is 1. The van der Waals surface area contributed by atoms with Crippen molar-refractivity contribution in [2.75, 3.05) is 5.32 Å². The lowest BCUT2D eigenvalue weighted by Gasteiger charge is -2.14. The summed E-state index contributed by atoms with van der Waals surface area (Å²) in [5, 5.41) is 7.18. The lowest BCUT2D eigenvalue weighted by Crippen LogP contribution is -2.12. The number of ether oxygens (including phenoxy) is 1. The first-order valence-electron chi connectivity index (χ1n) is 10.7. The average Bonchev–Trinajstić information content (AvgIpc) is 3.42. The Kier molecular flexibility index (Phi) is 6.40. The minimum absolute atomic E-state index is 0.217. The van der Waals surface area contributed by atoms with Gasteiger partial charge in [-0.1, -0.05) is 56.3 Å². The highest BCUT2D eigenvalue weighted by Gasteiger charge is 2.14. The van der Waals surface area contributed by atoms with Crippen LogP contribution in [0, 0.1) is 6.92 Å². The molecule has 4 rings (SSSR count). The molecule has 1 amide bonds. The van der Waals surface area contributed by atoms with Gasteiger partial charge < -0.3 is 14.5 Å². The Morgan fingerprint density at radius 2 is 1.91 bits per heavy atom. The van der Waals surface area contributed by atoms with Gasteiger partial charge >= 0.3 is 0 Å². The van der Waals surface area contributed by atoms with Gasteiger partial charge in [0.25, 0.3) is 5.91 Å². The van der Waals surface area contributed by atoms with Crippen molar-refractivity contribution in [3.05, 3.63) is 101 Å². The molecule has 4 aromatic rings. The SMILES string of the molecule is Cc1ccc(C(C)C)c(OCc2ccc(C(=O)Nc3ccn(Cc4ccccc4)n3)o2)c1. The number of hydrogen-bond donors (Lipinski definition) is 1. The summed E-state index contributed by atoms with van der Waals surface area (Å²) < 4.78 is 13.5. The van der Waals surface area contributed by atoms with Gasteiger partial charge in [0.1, 0.15) is 18.1 Å². The zero-order valence-electron chi connectivity index (χ0n) is 18.5. The number of anilines is 1. The van der Waals surface area contributed by atoms with Crippen molar-refractivity contribution in [2.45, 2.75) is 39.8 Å². The van der Waals surface area contributed by atoms with Crippen LogP contribution < -0.4 is 10.1 Å². The molecule has 0 atom stereocenters. The Hall–Kier alpha value is -3.80. The van der Waals surface area contributed by atoms with E-state index in [9.17, 15) is 4.79 Å². The smallest absolute Gasteiger partial charge is 0.292 e. The monoisotopic (exact) mass is 429 g/mol. The molecule has 0 saturated heterocycles. The van der Waals surface area contributed by atoms with E-state index in [2.05, 4.69) is 36.4 Å². The molecule has 0 saturated carbocycles. The van der Waals surface area contributed by atoms with Crippen LogP contribution in [0.5, 0.6) is 5.75 Å². The first-order chi connectivity index (χ1) is 15.5. The van der Waals surface area contributed by atoms with E-state index in [-0.39, 0.29) is 18.3 Å². The normalized spacial score (nSPS) is 11.0. The average molecular weight is 430 g/mol. The lowest BCUT2D eigenvalue weighted by atomic mass is 10.0. The maximum atomic E-state index is 12.6. The fourth-order valence-electron chi connectivity index (χ4n) is 3.43. The highest BCUT2D eigenvalue weighted by atomic mass is 16.5. The molecule has 1 N–H and O–H groups in total. The minimum atomic E-state index is -0.348. The van der Waals surface area contributed by atoms with Gasteiger partial charge in [-0.25, -0.2) is 0 Å². The molecule has 32 heavy (non-hydrogen) atoms. The summed E-state index contributed by atoms with van der Waals surface area (Å²) >= 11 is 0. The molecule has 6 nitrogen and oxygen atoms in total. The van der Waals surface area contributed by atoms with Gasteiger partial charge in [-0.2, -0.15) is 5.10 Å². The maximum absolute atomic E-state index is 12.6. The molecular weight excluding hydrogens is 402 g/mol. The second-order valence-corrected chi connectivity index (χ2v) is 8.09. The van der Waals surface area contributed by atoms with E-state index < -0.39 is 0 Å². The van der Waals surface area contributed by atoms with Crippen LogP contribution in [0.1, 0.15) is 52.8 Å². The molecule has 0 bridgehead atoms. The molecule has 2 aromatic carbocycles. The Morgan fingerprint density at radius 1 is 1.09 bits per heavy atom. The zero-order valence-corrected chi connectivity index (χ0v) is 18.5. The Labute approximate surface area is 187 Å². The summed E-state index contributed by atoms with van der Waals surface area (Å²) in [6.07, 6.45) is 1.83. The minimum Gasteiger partial charge on any atom is -0.485 e. The van der Waals surface area contributed by atoms with Gasteiger partial charge in [-0.15, -0.1) is 0 Å². The third-order valence-corrected chi connectivity index (χ3v) is 5.12. The lowest BCUT2D eigenvalue weighted by molar-refractivity contribution is 0.0992. The number of aryl methyl sites for hydroxylation is 1. The predicted octanol–water partition coefficient (Wildman–Crippen LogP) is 5.79. The van der Waals surface area contributed by atoms with Crippen molar-refractivity contribution in [1.82, 2.24) is 9.78 Å². The van der Waals surface area contributed by atoms with Crippen molar-refractivity contribution in [3.8, 4) is 5.75 Å². The van der Waals surface area contributed by atoms with Gasteiger partial charge in [-0.05, 0) is 47.7 Å². The van der Waals surface area contributed by atoms with Crippen LogP contribution in [0.2, 0.25) is 0 Å². The van der Waals surface area contributed by atoms with Crippen LogP contribution >= 0.6 is 0 Å². The summed E-state index contributed by atoms with van der Waals surface area (Å²) in [6, 6.07) is 21.4. The second kappa shape index (κ2) is 9.56. The summed E-state index contributed by atoms with van der Waals surface area (Å²) in [5.41, 5.74) is 3.42. The van der Waals surface area contributed by atoms with Crippen molar-refractivity contribution in [3.63, 3.8) is 0 Å². The van der Waals surface area contributed by atoms with E-state index in [4.69, 9.17) is 9.15 Å². The quantitative estimate of drug-likeness (QED) is 0.385. The number of nitrogens with one attached hydrogen (secondary N) is 1. The summed E-state index contributed by atoms with van der Waals surface area (Å²) in [7, 11) is 0. The molecular formula is C26H27N3O3. The molecule has 6 heteroatoms. The molecule has 0 unspecified atom stereocenters.